The third-order valence-corrected chi connectivity index (χ3v) is 5.07. The van der Waals surface area contributed by atoms with E-state index in [1.54, 1.807) is 4.68 Å². The fourth-order valence-corrected chi connectivity index (χ4v) is 3.48. The van der Waals surface area contributed by atoms with Gasteiger partial charge in [-0.15, -0.1) is 0 Å². The zero-order chi connectivity index (χ0) is 16.6. The minimum Gasteiger partial charge on any atom is -0.289 e. The van der Waals surface area contributed by atoms with E-state index in [-0.39, 0.29) is 6.04 Å². The highest BCUT2D eigenvalue weighted by Crippen LogP contribution is 2.32. The predicted molar refractivity (Wildman–Crippen MR) is 90.4 cm³/mol. The topological polar surface area (TPSA) is 62.6 Å². The first-order valence-corrected chi connectivity index (χ1v) is 8.69. The number of rotatable bonds is 4. The van der Waals surface area contributed by atoms with Crippen LogP contribution in [0.5, 0.6) is 0 Å². The lowest BCUT2D eigenvalue weighted by Gasteiger charge is -2.34. The van der Waals surface area contributed by atoms with Crippen molar-refractivity contribution in [3.05, 3.63) is 28.1 Å². The summed E-state index contributed by atoms with van der Waals surface area (Å²) in [6.07, 6.45) is 3.53. The second kappa shape index (κ2) is 6.61. The van der Waals surface area contributed by atoms with E-state index in [9.17, 15) is 0 Å². The Bertz CT molecular complexity index is 674. The Balaban J connectivity index is 1.83. The van der Waals surface area contributed by atoms with E-state index < -0.39 is 0 Å². The molecule has 0 radical (unpaired) electrons. The lowest BCUT2D eigenvalue weighted by Crippen LogP contribution is -2.33. The largest absolute Gasteiger partial charge is 0.289 e. The summed E-state index contributed by atoms with van der Waals surface area (Å²) < 4.78 is 1.75. The van der Waals surface area contributed by atoms with Gasteiger partial charge in [-0.25, -0.2) is 4.98 Å². The number of nitrogens with one attached hydrogen (secondary N) is 1. The van der Waals surface area contributed by atoms with Gasteiger partial charge in [0.05, 0.1) is 11.7 Å². The average Bonchev–Trinajstić information content (AvgIpc) is 3.09. The lowest BCUT2D eigenvalue weighted by molar-refractivity contribution is 0.134. The SMILES string of the molecule is Cc1nn(C)c(Cl)c1CN1CCCC[C@H]1c1nc(C(C)C)n[nH]1. The van der Waals surface area contributed by atoms with Gasteiger partial charge < -0.3 is 0 Å². The van der Waals surface area contributed by atoms with Gasteiger partial charge in [0.2, 0.25) is 0 Å². The van der Waals surface area contributed by atoms with Crippen LogP contribution in [0.15, 0.2) is 0 Å². The van der Waals surface area contributed by atoms with Crippen LogP contribution in [-0.2, 0) is 13.6 Å². The first-order valence-electron chi connectivity index (χ1n) is 8.31. The molecule has 1 saturated heterocycles. The highest BCUT2D eigenvalue weighted by Gasteiger charge is 2.28. The van der Waals surface area contributed by atoms with Crippen LogP contribution < -0.4 is 0 Å². The fraction of sp³-hybridized carbons (Fsp3) is 0.688. The van der Waals surface area contributed by atoms with Crippen molar-refractivity contribution in [3.63, 3.8) is 0 Å². The smallest absolute Gasteiger partial charge is 0.153 e. The Morgan fingerprint density at radius 2 is 2.13 bits per heavy atom. The number of aromatic nitrogens is 5. The molecule has 0 bridgehead atoms. The van der Waals surface area contributed by atoms with Gasteiger partial charge in [0.1, 0.15) is 11.0 Å². The molecule has 0 aromatic carbocycles. The first-order chi connectivity index (χ1) is 11.0. The fourth-order valence-electron chi connectivity index (χ4n) is 3.24. The van der Waals surface area contributed by atoms with Crippen LogP contribution in [-0.4, -0.2) is 36.4 Å². The predicted octanol–water partition coefficient (Wildman–Crippen LogP) is 3.35. The van der Waals surface area contributed by atoms with Crippen molar-refractivity contribution < 1.29 is 0 Å². The quantitative estimate of drug-likeness (QED) is 0.930. The normalized spacial score (nSPS) is 19.7. The number of aromatic amines is 1. The molecule has 2 aromatic rings. The highest BCUT2D eigenvalue weighted by molar-refractivity contribution is 6.30. The van der Waals surface area contributed by atoms with Gasteiger partial charge in [-0.3, -0.25) is 14.7 Å². The maximum Gasteiger partial charge on any atom is 0.153 e. The number of halogens is 1. The number of hydrogen-bond donors (Lipinski definition) is 1. The maximum absolute atomic E-state index is 6.41. The van der Waals surface area contributed by atoms with Gasteiger partial charge in [0, 0.05) is 25.1 Å². The number of nitrogens with zero attached hydrogens (tertiary/aromatic N) is 5. The molecule has 3 rings (SSSR count). The van der Waals surface area contributed by atoms with E-state index >= 15 is 0 Å². The zero-order valence-corrected chi connectivity index (χ0v) is 15.1. The van der Waals surface area contributed by atoms with E-state index in [2.05, 4.69) is 34.0 Å². The van der Waals surface area contributed by atoms with Gasteiger partial charge in [-0.05, 0) is 26.3 Å². The lowest BCUT2D eigenvalue weighted by atomic mass is 10.0. The van der Waals surface area contributed by atoms with Crippen LogP contribution in [0.25, 0.3) is 0 Å². The second-order valence-corrected chi connectivity index (χ2v) is 7.05. The van der Waals surface area contributed by atoms with E-state index in [4.69, 9.17) is 16.6 Å². The minimum atomic E-state index is 0.277. The number of likely N-dealkylation sites (tertiary alicyclic amines) is 1. The molecule has 2 aromatic heterocycles. The molecule has 1 fully saturated rings. The summed E-state index contributed by atoms with van der Waals surface area (Å²) >= 11 is 6.41. The highest BCUT2D eigenvalue weighted by atomic mass is 35.5. The van der Waals surface area contributed by atoms with Crippen molar-refractivity contribution in [2.45, 2.75) is 58.5 Å². The summed E-state index contributed by atoms with van der Waals surface area (Å²) in [4.78, 5) is 7.16. The Morgan fingerprint density at radius 3 is 2.74 bits per heavy atom. The number of hydrogen-bond acceptors (Lipinski definition) is 4. The van der Waals surface area contributed by atoms with Crippen molar-refractivity contribution in [1.82, 2.24) is 29.9 Å². The van der Waals surface area contributed by atoms with Crippen molar-refractivity contribution in [1.29, 1.82) is 0 Å². The maximum atomic E-state index is 6.41. The molecule has 6 nitrogen and oxygen atoms in total. The van der Waals surface area contributed by atoms with Crippen LogP contribution in [0.4, 0.5) is 0 Å². The molecule has 0 aliphatic carbocycles. The summed E-state index contributed by atoms with van der Waals surface area (Å²) in [5.41, 5.74) is 2.12. The Labute approximate surface area is 142 Å². The molecule has 0 spiro atoms. The molecule has 0 unspecified atom stereocenters. The molecular formula is C16H25ClN6. The molecular weight excluding hydrogens is 312 g/mol. The van der Waals surface area contributed by atoms with Gasteiger partial charge >= 0.3 is 0 Å². The zero-order valence-electron chi connectivity index (χ0n) is 14.3. The van der Waals surface area contributed by atoms with Gasteiger partial charge in [0.15, 0.2) is 5.82 Å². The molecule has 1 atom stereocenters. The Hall–Kier alpha value is -1.40. The summed E-state index contributed by atoms with van der Waals surface area (Å²) in [5, 5.41) is 12.7. The summed E-state index contributed by atoms with van der Waals surface area (Å²) in [6.45, 7) is 8.11. The van der Waals surface area contributed by atoms with Crippen LogP contribution in [0.2, 0.25) is 5.15 Å². The van der Waals surface area contributed by atoms with Crippen LogP contribution >= 0.6 is 11.6 Å². The monoisotopic (exact) mass is 336 g/mol. The molecule has 1 aliphatic heterocycles. The molecule has 7 heteroatoms. The molecule has 0 saturated carbocycles. The van der Waals surface area contributed by atoms with E-state index in [1.165, 1.54) is 12.8 Å². The van der Waals surface area contributed by atoms with Crippen molar-refractivity contribution in [2.75, 3.05) is 6.54 Å². The van der Waals surface area contributed by atoms with Crippen LogP contribution in [0.3, 0.4) is 0 Å². The van der Waals surface area contributed by atoms with E-state index in [1.807, 2.05) is 14.0 Å². The van der Waals surface area contributed by atoms with Crippen molar-refractivity contribution in [2.24, 2.45) is 7.05 Å². The molecule has 1 aliphatic rings. The molecule has 23 heavy (non-hydrogen) atoms. The van der Waals surface area contributed by atoms with Crippen LogP contribution in [0, 0.1) is 6.92 Å². The molecule has 3 heterocycles. The summed E-state index contributed by atoms with van der Waals surface area (Å²) in [6, 6.07) is 0.277. The minimum absolute atomic E-state index is 0.277. The Morgan fingerprint density at radius 1 is 1.35 bits per heavy atom. The molecule has 0 amide bonds. The number of H-pyrrole nitrogens is 1. The average molecular weight is 337 g/mol. The van der Waals surface area contributed by atoms with E-state index in [0.717, 1.165) is 47.6 Å². The standard InChI is InChI=1S/C16H25ClN6/c1-10(2)15-18-16(20-19-15)13-7-5-6-8-23(13)9-12-11(3)21-22(4)14(12)17/h10,13H,5-9H2,1-4H3,(H,18,19,20)/t13-/m0/s1. The van der Waals surface area contributed by atoms with E-state index in [0.29, 0.717) is 5.92 Å². The third-order valence-electron chi connectivity index (χ3n) is 4.60. The summed E-state index contributed by atoms with van der Waals surface area (Å²) in [5.74, 6) is 2.21. The van der Waals surface area contributed by atoms with Gasteiger partial charge in [-0.2, -0.15) is 10.2 Å². The summed E-state index contributed by atoms with van der Waals surface area (Å²) in [7, 11) is 1.89. The Kier molecular flexibility index (Phi) is 4.73. The first kappa shape index (κ1) is 16.5. The van der Waals surface area contributed by atoms with Crippen molar-refractivity contribution in [3.8, 4) is 0 Å². The number of piperidine rings is 1. The number of aryl methyl sites for hydroxylation is 2. The molecule has 126 valence electrons. The second-order valence-electron chi connectivity index (χ2n) is 6.69. The molecule has 1 N–H and O–H groups in total. The van der Waals surface area contributed by atoms with Gasteiger partial charge in [-0.1, -0.05) is 31.9 Å². The van der Waals surface area contributed by atoms with Gasteiger partial charge in [0.25, 0.3) is 0 Å². The van der Waals surface area contributed by atoms with Crippen LogP contribution in [0.1, 0.15) is 68.0 Å². The third kappa shape index (κ3) is 3.28. The van der Waals surface area contributed by atoms with Crippen molar-refractivity contribution >= 4 is 11.6 Å².